The van der Waals surface area contributed by atoms with E-state index >= 15 is 0 Å². The van der Waals surface area contributed by atoms with Crippen molar-refractivity contribution in [2.24, 2.45) is 0 Å². The third kappa shape index (κ3) is 3.47. The summed E-state index contributed by atoms with van der Waals surface area (Å²) in [5.41, 5.74) is 0.796. The summed E-state index contributed by atoms with van der Waals surface area (Å²) in [6.45, 7) is 5.52. The van der Waals surface area contributed by atoms with Gasteiger partial charge in [-0.1, -0.05) is 0 Å². The van der Waals surface area contributed by atoms with Crippen LogP contribution in [-0.2, 0) is 0 Å². The predicted molar refractivity (Wildman–Crippen MR) is 95.1 cm³/mol. The molecule has 0 atom stereocenters. The van der Waals surface area contributed by atoms with Crippen LogP contribution in [0.4, 0.5) is 17.2 Å². The van der Waals surface area contributed by atoms with Gasteiger partial charge in [-0.2, -0.15) is 5.10 Å². The van der Waals surface area contributed by atoms with E-state index in [4.69, 9.17) is 0 Å². The van der Waals surface area contributed by atoms with Gasteiger partial charge < -0.3 is 10.2 Å². The summed E-state index contributed by atoms with van der Waals surface area (Å²) in [4.78, 5) is 25.5. The first-order valence-corrected chi connectivity index (χ1v) is 8.35. The van der Waals surface area contributed by atoms with Crippen molar-refractivity contribution in [3.63, 3.8) is 0 Å². The molecule has 1 fully saturated rings. The molecule has 0 unspecified atom stereocenters. The molecule has 0 saturated carbocycles. The van der Waals surface area contributed by atoms with E-state index in [-0.39, 0.29) is 17.3 Å². The Balaban J connectivity index is 1.86. The summed E-state index contributed by atoms with van der Waals surface area (Å²) in [6.07, 6.45) is 3.66. The highest BCUT2D eigenvalue weighted by molar-refractivity contribution is 6.04. The third-order valence-corrected chi connectivity index (χ3v) is 4.28. The number of anilines is 2. The topological polar surface area (TPSA) is 93.3 Å². The fourth-order valence-electron chi connectivity index (χ4n) is 3.05. The Labute approximate surface area is 145 Å². The molecule has 2 aromatic rings. The molecular formula is C17H21N5O3. The number of rotatable bonds is 5. The average Bonchev–Trinajstić information content (AvgIpc) is 3.25. The lowest BCUT2D eigenvalue weighted by atomic mass is 10.1. The first kappa shape index (κ1) is 16.9. The highest BCUT2D eigenvalue weighted by Gasteiger charge is 2.24. The van der Waals surface area contributed by atoms with Crippen LogP contribution in [0.25, 0.3) is 0 Å². The van der Waals surface area contributed by atoms with E-state index in [2.05, 4.69) is 10.4 Å². The standard InChI is InChI=1S/C17H21N5O3/c1-12(2)21-16(7-8-18-21)19-17(23)13-5-6-14(15(11-13)22(24)25)20-9-3-4-10-20/h5-8,11-12H,3-4,9-10H2,1-2H3,(H,19,23). The van der Waals surface area contributed by atoms with Crippen molar-refractivity contribution in [1.29, 1.82) is 0 Å². The average molecular weight is 343 g/mol. The molecule has 25 heavy (non-hydrogen) atoms. The van der Waals surface area contributed by atoms with E-state index in [9.17, 15) is 14.9 Å². The monoisotopic (exact) mass is 343 g/mol. The fraction of sp³-hybridized carbons (Fsp3) is 0.412. The van der Waals surface area contributed by atoms with Crippen molar-refractivity contribution in [1.82, 2.24) is 9.78 Å². The summed E-state index contributed by atoms with van der Waals surface area (Å²) in [7, 11) is 0. The van der Waals surface area contributed by atoms with Crippen LogP contribution in [0.15, 0.2) is 30.5 Å². The molecular weight excluding hydrogens is 322 g/mol. The molecule has 1 N–H and O–H groups in total. The molecule has 1 aromatic carbocycles. The van der Waals surface area contributed by atoms with Crippen LogP contribution in [0, 0.1) is 10.1 Å². The van der Waals surface area contributed by atoms with Gasteiger partial charge in [-0.25, -0.2) is 4.68 Å². The minimum absolute atomic E-state index is 0.0353. The maximum Gasteiger partial charge on any atom is 0.293 e. The van der Waals surface area contributed by atoms with Crippen molar-refractivity contribution >= 4 is 23.1 Å². The number of nitro benzene ring substituents is 1. The second-order valence-corrected chi connectivity index (χ2v) is 6.36. The van der Waals surface area contributed by atoms with Crippen molar-refractivity contribution in [3.05, 3.63) is 46.1 Å². The summed E-state index contributed by atoms with van der Waals surface area (Å²) in [5, 5.41) is 18.4. The molecule has 1 saturated heterocycles. The van der Waals surface area contributed by atoms with E-state index < -0.39 is 10.8 Å². The molecule has 0 spiro atoms. The zero-order chi connectivity index (χ0) is 18.0. The second kappa shape index (κ2) is 6.92. The van der Waals surface area contributed by atoms with Crippen LogP contribution < -0.4 is 10.2 Å². The largest absolute Gasteiger partial charge is 0.366 e. The first-order chi connectivity index (χ1) is 12.0. The van der Waals surface area contributed by atoms with Crippen LogP contribution in [-0.4, -0.2) is 33.7 Å². The molecule has 1 aliphatic rings. The number of carbonyl (C=O) groups excluding carboxylic acids is 1. The Bertz CT molecular complexity index is 793. The summed E-state index contributed by atoms with van der Waals surface area (Å²) < 4.78 is 1.69. The van der Waals surface area contributed by atoms with Crippen LogP contribution >= 0.6 is 0 Å². The van der Waals surface area contributed by atoms with Crippen LogP contribution in [0.1, 0.15) is 43.1 Å². The number of nitrogens with one attached hydrogen (secondary N) is 1. The minimum atomic E-state index is -0.428. The van der Waals surface area contributed by atoms with Crippen molar-refractivity contribution in [3.8, 4) is 0 Å². The van der Waals surface area contributed by atoms with Crippen LogP contribution in [0.5, 0.6) is 0 Å². The number of amides is 1. The summed E-state index contributed by atoms with van der Waals surface area (Å²) in [6, 6.07) is 6.44. The fourth-order valence-corrected chi connectivity index (χ4v) is 3.05. The van der Waals surface area contributed by atoms with Gasteiger partial charge in [-0.15, -0.1) is 0 Å². The SMILES string of the molecule is CC(C)n1nccc1NC(=O)c1ccc(N2CCCC2)c([N+](=O)[O-])c1. The molecule has 0 aliphatic carbocycles. The van der Waals surface area contributed by atoms with Crippen LogP contribution in [0.3, 0.4) is 0 Å². The second-order valence-electron chi connectivity index (χ2n) is 6.36. The molecule has 1 amide bonds. The molecule has 0 radical (unpaired) electrons. The first-order valence-electron chi connectivity index (χ1n) is 8.35. The Hall–Kier alpha value is -2.90. The summed E-state index contributed by atoms with van der Waals surface area (Å²) >= 11 is 0. The van der Waals surface area contributed by atoms with Gasteiger partial charge in [-0.05, 0) is 38.8 Å². The zero-order valence-corrected chi connectivity index (χ0v) is 14.3. The van der Waals surface area contributed by atoms with Gasteiger partial charge in [-0.3, -0.25) is 14.9 Å². The number of nitrogens with zero attached hydrogens (tertiary/aromatic N) is 4. The molecule has 2 heterocycles. The molecule has 0 bridgehead atoms. The molecule has 132 valence electrons. The van der Waals surface area contributed by atoms with Gasteiger partial charge in [0.05, 0.1) is 11.1 Å². The lowest BCUT2D eigenvalue weighted by Crippen LogP contribution is -2.20. The van der Waals surface area contributed by atoms with E-state index in [0.29, 0.717) is 11.5 Å². The summed E-state index contributed by atoms with van der Waals surface area (Å²) in [5.74, 6) is 0.171. The number of hydrogen-bond donors (Lipinski definition) is 1. The van der Waals surface area contributed by atoms with E-state index in [0.717, 1.165) is 25.9 Å². The number of carbonyl (C=O) groups is 1. The maximum atomic E-state index is 12.5. The van der Waals surface area contributed by atoms with Crippen molar-refractivity contribution in [2.45, 2.75) is 32.7 Å². The van der Waals surface area contributed by atoms with E-state index in [1.54, 1.807) is 29.1 Å². The predicted octanol–water partition coefficient (Wildman–Crippen LogP) is 3.22. The highest BCUT2D eigenvalue weighted by atomic mass is 16.6. The highest BCUT2D eigenvalue weighted by Crippen LogP contribution is 2.31. The zero-order valence-electron chi connectivity index (χ0n) is 14.3. The lowest BCUT2D eigenvalue weighted by molar-refractivity contribution is -0.384. The third-order valence-electron chi connectivity index (χ3n) is 4.28. The number of hydrogen-bond acceptors (Lipinski definition) is 5. The molecule has 1 aliphatic heterocycles. The normalized spacial score (nSPS) is 14.1. The Morgan fingerprint density at radius 2 is 2.00 bits per heavy atom. The van der Waals surface area contributed by atoms with E-state index in [1.165, 1.54) is 6.07 Å². The maximum absolute atomic E-state index is 12.5. The molecule has 3 rings (SSSR count). The van der Waals surface area contributed by atoms with E-state index in [1.807, 2.05) is 18.7 Å². The Morgan fingerprint density at radius 3 is 2.64 bits per heavy atom. The van der Waals surface area contributed by atoms with Crippen molar-refractivity contribution < 1.29 is 9.72 Å². The van der Waals surface area contributed by atoms with Gasteiger partial charge in [0.2, 0.25) is 0 Å². The minimum Gasteiger partial charge on any atom is -0.366 e. The van der Waals surface area contributed by atoms with Gasteiger partial charge in [0.15, 0.2) is 0 Å². The number of aromatic nitrogens is 2. The number of benzene rings is 1. The Morgan fingerprint density at radius 1 is 1.28 bits per heavy atom. The van der Waals surface area contributed by atoms with Crippen LogP contribution in [0.2, 0.25) is 0 Å². The van der Waals surface area contributed by atoms with Gasteiger partial charge in [0.25, 0.3) is 11.6 Å². The Kier molecular flexibility index (Phi) is 4.69. The lowest BCUT2D eigenvalue weighted by Gasteiger charge is -2.18. The quantitative estimate of drug-likeness (QED) is 0.664. The van der Waals surface area contributed by atoms with Gasteiger partial charge in [0, 0.05) is 36.8 Å². The smallest absolute Gasteiger partial charge is 0.293 e. The van der Waals surface area contributed by atoms with Gasteiger partial charge >= 0.3 is 0 Å². The molecule has 1 aromatic heterocycles. The van der Waals surface area contributed by atoms with Gasteiger partial charge in [0.1, 0.15) is 11.5 Å². The molecule has 8 heteroatoms. The number of nitro groups is 1. The van der Waals surface area contributed by atoms with Crippen molar-refractivity contribution in [2.75, 3.05) is 23.3 Å². The molecule has 8 nitrogen and oxygen atoms in total.